The zero-order chi connectivity index (χ0) is 20.4. The Morgan fingerprint density at radius 1 is 1.14 bits per heavy atom. The van der Waals surface area contributed by atoms with Gasteiger partial charge in [-0.2, -0.15) is 5.10 Å². The third kappa shape index (κ3) is 3.54. The van der Waals surface area contributed by atoms with Crippen LogP contribution in [0.2, 0.25) is 0 Å². The van der Waals surface area contributed by atoms with Gasteiger partial charge in [0.25, 0.3) is 0 Å². The van der Waals surface area contributed by atoms with Crippen molar-refractivity contribution < 1.29 is 9.50 Å². The molecule has 3 heterocycles. The van der Waals surface area contributed by atoms with Crippen LogP contribution in [0.4, 0.5) is 4.39 Å². The van der Waals surface area contributed by atoms with E-state index in [4.69, 9.17) is 10.1 Å². The lowest BCUT2D eigenvalue weighted by atomic mass is 9.97. The van der Waals surface area contributed by atoms with Crippen LogP contribution in [0.1, 0.15) is 23.9 Å². The van der Waals surface area contributed by atoms with Crippen LogP contribution in [0.25, 0.3) is 33.5 Å². The van der Waals surface area contributed by atoms with E-state index in [0.717, 1.165) is 83.5 Å². The minimum atomic E-state index is -0.220. The highest BCUT2D eigenvalue weighted by Crippen LogP contribution is 2.31. The van der Waals surface area contributed by atoms with E-state index in [2.05, 4.69) is 27.4 Å². The molecule has 2 aromatic carbocycles. The van der Waals surface area contributed by atoms with Crippen LogP contribution in [-0.4, -0.2) is 38.9 Å². The topological polar surface area (TPSA) is 89.6 Å². The molecule has 1 aliphatic heterocycles. The van der Waals surface area contributed by atoms with E-state index in [-0.39, 0.29) is 5.82 Å². The molecular formula is C22H24FN5O. The maximum Gasteiger partial charge on any atom is 0.159 e. The molecule has 2 aromatic heterocycles. The summed E-state index contributed by atoms with van der Waals surface area (Å²) in [4.78, 5) is 8.13. The van der Waals surface area contributed by atoms with Gasteiger partial charge in [-0.3, -0.25) is 5.10 Å². The number of rotatable bonds is 3. The molecule has 150 valence electrons. The number of aryl methyl sites for hydroxylation is 1. The van der Waals surface area contributed by atoms with E-state index in [1.54, 1.807) is 6.07 Å². The number of aromatic nitrogens is 4. The largest absolute Gasteiger partial charge is 0.400 e. The second kappa shape index (κ2) is 8.14. The molecule has 0 spiro atoms. The molecule has 0 atom stereocenters. The summed E-state index contributed by atoms with van der Waals surface area (Å²) in [6, 6.07) is 11.1. The van der Waals surface area contributed by atoms with Crippen molar-refractivity contribution in [1.82, 2.24) is 25.5 Å². The van der Waals surface area contributed by atoms with Crippen LogP contribution in [0.15, 0.2) is 36.4 Å². The molecule has 4 N–H and O–H groups in total. The van der Waals surface area contributed by atoms with Gasteiger partial charge in [-0.1, -0.05) is 19.1 Å². The molecule has 0 aliphatic carbocycles. The summed E-state index contributed by atoms with van der Waals surface area (Å²) < 4.78 is 13.8. The second-order valence-corrected chi connectivity index (χ2v) is 6.93. The van der Waals surface area contributed by atoms with E-state index in [1.807, 2.05) is 24.3 Å². The zero-order valence-electron chi connectivity index (χ0n) is 16.5. The fourth-order valence-corrected chi connectivity index (χ4v) is 3.82. The van der Waals surface area contributed by atoms with Gasteiger partial charge in [0.2, 0.25) is 0 Å². The van der Waals surface area contributed by atoms with E-state index in [9.17, 15) is 4.39 Å². The molecule has 4 aromatic rings. The maximum absolute atomic E-state index is 13.8. The number of aromatic amines is 2. The summed E-state index contributed by atoms with van der Waals surface area (Å²) >= 11 is 0. The predicted molar refractivity (Wildman–Crippen MR) is 112 cm³/mol. The zero-order valence-corrected chi connectivity index (χ0v) is 16.5. The van der Waals surface area contributed by atoms with E-state index >= 15 is 0 Å². The number of nitrogens with zero attached hydrogens (tertiary/aromatic N) is 2. The molecule has 7 heteroatoms. The Morgan fingerprint density at radius 3 is 2.79 bits per heavy atom. The van der Waals surface area contributed by atoms with Crippen LogP contribution >= 0.6 is 0 Å². The van der Waals surface area contributed by atoms with Crippen LogP contribution in [-0.2, 0) is 19.4 Å². The van der Waals surface area contributed by atoms with Gasteiger partial charge < -0.3 is 15.4 Å². The third-order valence-corrected chi connectivity index (χ3v) is 5.26. The van der Waals surface area contributed by atoms with Crippen molar-refractivity contribution in [3.8, 4) is 22.6 Å². The van der Waals surface area contributed by atoms with Crippen LogP contribution in [0, 0.1) is 5.82 Å². The van der Waals surface area contributed by atoms with Crippen molar-refractivity contribution >= 4 is 10.9 Å². The highest BCUT2D eigenvalue weighted by atomic mass is 19.1. The molecule has 0 saturated heterocycles. The summed E-state index contributed by atoms with van der Waals surface area (Å²) in [6.45, 7) is 3.85. The van der Waals surface area contributed by atoms with Crippen LogP contribution in [0.5, 0.6) is 0 Å². The van der Waals surface area contributed by atoms with Crippen molar-refractivity contribution in [2.45, 2.75) is 26.3 Å². The fourth-order valence-electron chi connectivity index (χ4n) is 3.82. The van der Waals surface area contributed by atoms with Crippen molar-refractivity contribution in [1.29, 1.82) is 0 Å². The van der Waals surface area contributed by atoms with Gasteiger partial charge >= 0.3 is 0 Å². The normalized spacial score (nSPS) is 13.1. The number of benzene rings is 2. The number of fused-ring (bicyclic) bond motifs is 2. The number of imidazole rings is 1. The first-order valence-electron chi connectivity index (χ1n) is 9.73. The first-order chi connectivity index (χ1) is 14.2. The Kier molecular flexibility index (Phi) is 5.42. The predicted octanol–water partition coefficient (Wildman–Crippen LogP) is 3.58. The number of aliphatic hydroxyl groups excluding tert-OH is 1. The number of halogens is 1. The molecule has 5 rings (SSSR count). The summed E-state index contributed by atoms with van der Waals surface area (Å²) in [7, 11) is 1.00. The van der Waals surface area contributed by atoms with Crippen molar-refractivity contribution in [3.05, 3.63) is 59.2 Å². The van der Waals surface area contributed by atoms with E-state index in [0.29, 0.717) is 0 Å². The van der Waals surface area contributed by atoms with Crippen LogP contribution < -0.4 is 5.32 Å². The summed E-state index contributed by atoms with van der Waals surface area (Å²) in [5.74, 6) is 0.574. The highest BCUT2D eigenvalue weighted by molar-refractivity contribution is 5.94. The summed E-state index contributed by atoms with van der Waals surface area (Å²) in [6.07, 6.45) is 1.78. The first-order valence-corrected chi connectivity index (χ1v) is 9.73. The Bertz CT molecular complexity index is 1120. The standard InChI is InChI=1S/C21H20FN5.CH4O/c1-2-12-3-5-14(22)10-16(12)13-4-6-15-18(9-13)26-27-20(15)21-24-17-7-8-23-11-19(17)25-21;1-2/h3-6,9-10,23H,2,7-8,11H2,1H3,(H,24,25)(H,26,27);2H,1H3. The fraction of sp³-hybridized carbons (Fsp3) is 0.273. The monoisotopic (exact) mass is 393 g/mol. The number of aliphatic hydroxyl groups is 1. The minimum Gasteiger partial charge on any atom is -0.400 e. The lowest BCUT2D eigenvalue weighted by molar-refractivity contribution is 0.399. The highest BCUT2D eigenvalue weighted by Gasteiger charge is 2.18. The van der Waals surface area contributed by atoms with Crippen LogP contribution in [0.3, 0.4) is 0 Å². The SMILES string of the molecule is CCc1ccc(F)cc1-c1ccc2c(-c3nc4c([nH]3)CNCC4)n[nH]c2c1.CO. The Labute approximate surface area is 168 Å². The van der Waals surface area contributed by atoms with Crippen molar-refractivity contribution in [2.24, 2.45) is 0 Å². The summed E-state index contributed by atoms with van der Waals surface area (Å²) in [5.41, 5.74) is 7.02. The lowest BCUT2D eigenvalue weighted by Gasteiger charge is -2.09. The molecular weight excluding hydrogens is 369 g/mol. The first kappa shape index (κ1) is 19.3. The van der Waals surface area contributed by atoms with Gasteiger partial charge in [-0.15, -0.1) is 0 Å². The molecule has 0 saturated carbocycles. The average Bonchev–Trinajstić information content (AvgIpc) is 3.38. The maximum atomic E-state index is 13.8. The Hall–Kier alpha value is -3.03. The number of hydrogen-bond donors (Lipinski definition) is 4. The van der Waals surface area contributed by atoms with Gasteiger partial charge in [-0.05, 0) is 47.4 Å². The van der Waals surface area contributed by atoms with Crippen molar-refractivity contribution in [2.75, 3.05) is 13.7 Å². The van der Waals surface area contributed by atoms with Crippen molar-refractivity contribution in [3.63, 3.8) is 0 Å². The number of hydrogen-bond acceptors (Lipinski definition) is 4. The molecule has 29 heavy (non-hydrogen) atoms. The lowest BCUT2D eigenvalue weighted by Crippen LogP contribution is -2.23. The molecule has 0 bridgehead atoms. The van der Waals surface area contributed by atoms with E-state index in [1.165, 1.54) is 6.07 Å². The summed E-state index contributed by atoms with van der Waals surface area (Å²) in [5, 5.41) is 19.0. The number of nitrogens with one attached hydrogen (secondary N) is 3. The van der Waals surface area contributed by atoms with Gasteiger partial charge in [0.15, 0.2) is 5.82 Å². The smallest absolute Gasteiger partial charge is 0.159 e. The quantitative estimate of drug-likeness (QED) is 0.428. The Balaban J connectivity index is 0.000000994. The molecule has 0 unspecified atom stereocenters. The van der Waals surface area contributed by atoms with Gasteiger partial charge in [0.1, 0.15) is 11.5 Å². The molecule has 6 nitrogen and oxygen atoms in total. The second-order valence-electron chi connectivity index (χ2n) is 6.93. The molecule has 1 aliphatic rings. The van der Waals surface area contributed by atoms with Gasteiger partial charge in [0.05, 0.1) is 16.9 Å². The van der Waals surface area contributed by atoms with E-state index < -0.39 is 0 Å². The van der Waals surface area contributed by atoms with Gasteiger partial charge in [-0.25, -0.2) is 9.37 Å². The molecule has 0 fully saturated rings. The molecule has 0 amide bonds. The molecule has 0 radical (unpaired) electrons. The third-order valence-electron chi connectivity index (χ3n) is 5.26. The number of H-pyrrole nitrogens is 2. The van der Waals surface area contributed by atoms with Gasteiger partial charge in [0, 0.05) is 32.0 Å². The Morgan fingerprint density at radius 2 is 2.00 bits per heavy atom. The minimum absolute atomic E-state index is 0.220. The average molecular weight is 393 g/mol.